The molecule has 0 spiro atoms. The number of amides is 1. The summed E-state index contributed by atoms with van der Waals surface area (Å²) >= 11 is 0. The Balaban J connectivity index is 1.99. The molecule has 1 aromatic heterocycles. The van der Waals surface area contributed by atoms with Crippen LogP contribution in [0.5, 0.6) is 17.2 Å². The number of methoxy groups -OCH3 is 3. The van der Waals surface area contributed by atoms with Gasteiger partial charge in [-0.05, 0) is 55.5 Å². The van der Waals surface area contributed by atoms with Crippen molar-refractivity contribution in [3.05, 3.63) is 88.5 Å². The van der Waals surface area contributed by atoms with Crippen LogP contribution < -0.4 is 24.5 Å². The Morgan fingerprint density at radius 1 is 0.943 bits per heavy atom. The highest BCUT2D eigenvalue weighted by Gasteiger charge is 2.23. The largest absolute Gasteiger partial charge is 0.497 e. The molecule has 7 nitrogen and oxygen atoms in total. The number of carbonyl (C=O) groups is 1. The highest BCUT2D eigenvalue weighted by atomic mass is 19.1. The van der Waals surface area contributed by atoms with Crippen LogP contribution in [0.15, 0.2) is 71.7 Å². The molecule has 0 aliphatic rings. The van der Waals surface area contributed by atoms with Crippen molar-refractivity contribution in [1.82, 2.24) is 4.57 Å². The van der Waals surface area contributed by atoms with E-state index in [0.717, 1.165) is 0 Å². The second-order valence-corrected chi connectivity index (χ2v) is 7.69. The molecule has 0 aliphatic heterocycles. The van der Waals surface area contributed by atoms with Crippen molar-refractivity contribution in [2.45, 2.75) is 6.92 Å². The Morgan fingerprint density at radius 2 is 1.63 bits per heavy atom. The normalized spacial score (nSPS) is 10.8. The summed E-state index contributed by atoms with van der Waals surface area (Å²) in [6.07, 6.45) is 1.50. The molecule has 0 saturated heterocycles. The molecule has 0 aliphatic carbocycles. The quantitative estimate of drug-likeness (QED) is 0.382. The van der Waals surface area contributed by atoms with Crippen LogP contribution in [0.3, 0.4) is 0 Å². The number of pyridine rings is 1. The van der Waals surface area contributed by atoms with E-state index in [0.29, 0.717) is 34.1 Å². The Labute approximate surface area is 201 Å². The van der Waals surface area contributed by atoms with Gasteiger partial charge in [0.05, 0.1) is 32.2 Å². The Bertz CT molecular complexity index is 1450. The number of rotatable bonds is 7. The zero-order chi connectivity index (χ0) is 25.1. The van der Waals surface area contributed by atoms with Gasteiger partial charge in [-0.25, -0.2) is 4.39 Å². The molecule has 35 heavy (non-hydrogen) atoms. The zero-order valence-electron chi connectivity index (χ0n) is 19.9. The van der Waals surface area contributed by atoms with Crippen LogP contribution in [0.4, 0.5) is 10.1 Å². The predicted molar refractivity (Wildman–Crippen MR) is 133 cm³/mol. The van der Waals surface area contributed by atoms with Gasteiger partial charge in [0, 0.05) is 30.2 Å². The lowest BCUT2D eigenvalue weighted by molar-refractivity contribution is 0.0987. The standard InChI is InChI=1S/C27H25FN2O5/c1-5-29(19-8-6-7-17(28)13-19)27(32)22-16-30(18-9-11-20(33-2)12-10-18)23-15-25(35-4)24(34-3)14-21(23)26(22)31/h6-16H,5H2,1-4H3. The summed E-state index contributed by atoms with van der Waals surface area (Å²) in [5, 5.41) is 0.277. The number of hydrogen-bond acceptors (Lipinski definition) is 5. The molecule has 180 valence electrons. The highest BCUT2D eigenvalue weighted by Crippen LogP contribution is 2.32. The smallest absolute Gasteiger partial charge is 0.263 e. The molecule has 0 fully saturated rings. The maximum absolute atomic E-state index is 13.9. The minimum atomic E-state index is -0.540. The van der Waals surface area contributed by atoms with Crippen LogP contribution >= 0.6 is 0 Å². The number of carbonyl (C=O) groups excluding carboxylic acids is 1. The second kappa shape index (κ2) is 9.89. The van der Waals surface area contributed by atoms with Crippen LogP contribution in [0, 0.1) is 5.82 Å². The van der Waals surface area contributed by atoms with Gasteiger partial charge in [0.25, 0.3) is 5.91 Å². The maximum Gasteiger partial charge on any atom is 0.263 e. The number of ether oxygens (including phenoxy) is 3. The van der Waals surface area contributed by atoms with E-state index in [1.807, 2.05) is 12.1 Å². The summed E-state index contributed by atoms with van der Waals surface area (Å²) in [4.78, 5) is 28.6. The first-order chi connectivity index (χ1) is 16.9. The number of aromatic nitrogens is 1. The van der Waals surface area contributed by atoms with Crippen molar-refractivity contribution in [2.75, 3.05) is 32.8 Å². The van der Waals surface area contributed by atoms with Gasteiger partial charge < -0.3 is 23.7 Å². The number of anilines is 1. The molecular formula is C27H25FN2O5. The van der Waals surface area contributed by atoms with E-state index in [4.69, 9.17) is 14.2 Å². The first-order valence-electron chi connectivity index (χ1n) is 10.9. The zero-order valence-corrected chi connectivity index (χ0v) is 19.9. The van der Waals surface area contributed by atoms with Crippen LogP contribution in [0.25, 0.3) is 16.6 Å². The SMILES string of the molecule is CCN(C(=O)c1cn(-c2ccc(OC)cc2)c2cc(OC)c(OC)cc2c1=O)c1cccc(F)c1. The molecule has 1 amide bonds. The second-order valence-electron chi connectivity index (χ2n) is 7.69. The van der Waals surface area contributed by atoms with Crippen molar-refractivity contribution in [3.63, 3.8) is 0 Å². The lowest BCUT2D eigenvalue weighted by atomic mass is 10.1. The van der Waals surface area contributed by atoms with Gasteiger partial charge in [-0.3, -0.25) is 9.59 Å². The molecule has 0 atom stereocenters. The maximum atomic E-state index is 13.9. The van der Waals surface area contributed by atoms with Gasteiger partial charge >= 0.3 is 0 Å². The number of nitrogens with zero attached hydrogens (tertiary/aromatic N) is 2. The average Bonchev–Trinajstić information content (AvgIpc) is 2.88. The van der Waals surface area contributed by atoms with E-state index in [9.17, 15) is 14.0 Å². The molecule has 4 rings (SSSR count). The summed E-state index contributed by atoms with van der Waals surface area (Å²) in [5.74, 6) is 0.454. The van der Waals surface area contributed by atoms with E-state index < -0.39 is 17.2 Å². The molecule has 1 heterocycles. The number of benzene rings is 3. The summed E-state index contributed by atoms with van der Waals surface area (Å²) < 4.78 is 31.7. The molecule has 0 N–H and O–H groups in total. The lowest BCUT2D eigenvalue weighted by Crippen LogP contribution is -2.35. The number of halogens is 1. The van der Waals surface area contributed by atoms with Crippen molar-refractivity contribution in [1.29, 1.82) is 0 Å². The van der Waals surface area contributed by atoms with Gasteiger partial charge in [0.15, 0.2) is 11.5 Å². The molecule has 0 radical (unpaired) electrons. The van der Waals surface area contributed by atoms with Crippen LogP contribution in [0.2, 0.25) is 0 Å². The fraction of sp³-hybridized carbons (Fsp3) is 0.185. The predicted octanol–water partition coefficient (Wildman–Crippen LogP) is 4.82. The Morgan fingerprint density at radius 3 is 2.23 bits per heavy atom. The monoisotopic (exact) mass is 476 g/mol. The summed E-state index contributed by atoms with van der Waals surface area (Å²) in [6, 6.07) is 16.2. The molecule has 0 unspecified atom stereocenters. The Hall–Kier alpha value is -4.33. The third-order valence-electron chi connectivity index (χ3n) is 5.77. The lowest BCUT2D eigenvalue weighted by Gasteiger charge is -2.22. The van der Waals surface area contributed by atoms with Crippen molar-refractivity contribution in [3.8, 4) is 22.9 Å². The van der Waals surface area contributed by atoms with Crippen molar-refractivity contribution >= 4 is 22.5 Å². The van der Waals surface area contributed by atoms with E-state index in [1.165, 1.54) is 43.5 Å². The first-order valence-corrected chi connectivity index (χ1v) is 10.9. The molecule has 3 aromatic carbocycles. The molecule has 0 bridgehead atoms. The minimum absolute atomic E-state index is 0.0633. The number of fused-ring (bicyclic) bond motifs is 1. The fourth-order valence-electron chi connectivity index (χ4n) is 3.99. The van der Waals surface area contributed by atoms with E-state index in [-0.39, 0.29) is 17.5 Å². The summed E-state index contributed by atoms with van der Waals surface area (Å²) in [7, 11) is 4.56. The van der Waals surface area contributed by atoms with E-state index in [2.05, 4.69) is 0 Å². The van der Waals surface area contributed by atoms with Gasteiger partial charge in [-0.2, -0.15) is 0 Å². The van der Waals surface area contributed by atoms with Crippen molar-refractivity contribution in [2.24, 2.45) is 0 Å². The first kappa shape index (κ1) is 23.8. The topological polar surface area (TPSA) is 70.0 Å². The van der Waals surface area contributed by atoms with E-state index in [1.54, 1.807) is 48.9 Å². The van der Waals surface area contributed by atoms with Crippen molar-refractivity contribution < 1.29 is 23.4 Å². The van der Waals surface area contributed by atoms with E-state index >= 15 is 0 Å². The molecule has 4 aromatic rings. The molecule has 0 saturated carbocycles. The average molecular weight is 477 g/mol. The van der Waals surface area contributed by atoms with Gasteiger partial charge in [-0.1, -0.05) is 6.07 Å². The summed E-state index contributed by atoms with van der Waals surface area (Å²) in [6.45, 7) is 2.01. The Kier molecular flexibility index (Phi) is 6.73. The molecular weight excluding hydrogens is 451 g/mol. The highest BCUT2D eigenvalue weighted by molar-refractivity contribution is 6.07. The fourth-order valence-corrected chi connectivity index (χ4v) is 3.99. The number of hydrogen-bond donors (Lipinski definition) is 0. The minimum Gasteiger partial charge on any atom is -0.497 e. The van der Waals surface area contributed by atoms with Gasteiger partial charge in [0.2, 0.25) is 5.43 Å². The third-order valence-corrected chi connectivity index (χ3v) is 5.77. The van der Waals surface area contributed by atoms with Crippen LogP contribution in [-0.4, -0.2) is 38.3 Å². The third kappa shape index (κ3) is 4.42. The van der Waals surface area contributed by atoms with Crippen LogP contribution in [-0.2, 0) is 0 Å². The van der Waals surface area contributed by atoms with Gasteiger partial charge in [0.1, 0.15) is 17.1 Å². The summed E-state index contributed by atoms with van der Waals surface area (Å²) in [5.41, 5.74) is 1.06. The van der Waals surface area contributed by atoms with Crippen LogP contribution in [0.1, 0.15) is 17.3 Å². The van der Waals surface area contributed by atoms with Gasteiger partial charge in [-0.15, -0.1) is 0 Å². The molecule has 8 heteroatoms.